The lowest BCUT2D eigenvalue weighted by Crippen LogP contribution is -2.11. The van der Waals surface area contributed by atoms with Crippen LogP contribution >= 0.6 is 0 Å². The normalized spacial score (nSPS) is 12.0. The zero-order valence-electron chi connectivity index (χ0n) is 12.9. The Morgan fingerprint density at radius 2 is 1.87 bits per heavy atom. The van der Waals surface area contributed by atoms with E-state index < -0.39 is 16.1 Å². The first-order valence-electron chi connectivity index (χ1n) is 6.93. The van der Waals surface area contributed by atoms with Crippen molar-refractivity contribution in [1.29, 1.82) is 0 Å². The Bertz CT molecular complexity index is 809. The van der Waals surface area contributed by atoms with Crippen LogP contribution in [0.1, 0.15) is 23.6 Å². The molecule has 0 fully saturated rings. The van der Waals surface area contributed by atoms with Gasteiger partial charge < -0.3 is 4.18 Å². The first kappa shape index (κ1) is 16.9. The second-order valence-corrected chi connectivity index (χ2v) is 6.76. The van der Waals surface area contributed by atoms with E-state index in [1.165, 1.54) is 6.92 Å². The van der Waals surface area contributed by atoms with Crippen molar-refractivity contribution in [2.24, 2.45) is 0 Å². The fourth-order valence-corrected chi connectivity index (χ4v) is 2.39. The standard InChI is InChI=1S/C17H17NO4S/c1-13(17(19)22-23(2,20)21)10-14-5-7-15(8-6-14)11-16-4-3-9-18-12-16/h3-10,12H,11H2,1-2H3/b13-10+. The summed E-state index contributed by atoms with van der Waals surface area (Å²) in [5.74, 6) is -0.869. The minimum atomic E-state index is -3.80. The predicted molar refractivity (Wildman–Crippen MR) is 88.1 cm³/mol. The van der Waals surface area contributed by atoms with Gasteiger partial charge in [0.05, 0.1) is 6.26 Å². The lowest BCUT2D eigenvalue weighted by molar-refractivity contribution is -0.129. The molecule has 0 bridgehead atoms. The van der Waals surface area contributed by atoms with Crippen LogP contribution in [0, 0.1) is 0 Å². The summed E-state index contributed by atoms with van der Waals surface area (Å²) in [6.07, 6.45) is 6.74. The molecule has 0 aliphatic carbocycles. The number of hydrogen-bond acceptors (Lipinski definition) is 5. The molecule has 2 aromatic rings. The summed E-state index contributed by atoms with van der Waals surface area (Å²) in [4.78, 5) is 15.7. The van der Waals surface area contributed by atoms with Crippen molar-refractivity contribution in [2.45, 2.75) is 13.3 Å². The van der Waals surface area contributed by atoms with Gasteiger partial charge in [0.25, 0.3) is 0 Å². The van der Waals surface area contributed by atoms with E-state index in [4.69, 9.17) is 0 Å². The first-order chi connectivity index (χ1) is 10.8. The Morgan fingerprint density at radius 1 is 1.17 bits per heavy atom. The van der Waals surface area contributed by atoms with E-state index >= 15 is 0 Å². The zero-order chi connectivity index (χ0) is 16.9. The number of benzene rings is 1. The molecule has 5 nitrogen and oxygen atoms in total. The molecule has 2 rings (SSSR count). The first-order valence-corrected chi connectivity index (χ1v) is 8.75. The van der Waals surface area contributed by atoms with Crippen LogP contribution in [0.5, 0.6) is 0 Å². The maximum Gasteiger partial charge on any atom is 0.349 e. The van der Waals surface area contributed by atoms with Crippen LogP contribution in [-0.2, 0) is 25.5 Å². The second-order valence-electron chi connectivity index (χ2n) is 5.18. The number of hydrogen-bond donors (Lipinski definition) is 0. The number of pyridine rings is 1. The van der Waals surface area contributed by atoms with E-state index in [1.807, 2.05) is 42.6 Å². The molecule has 0 N–H and O–H groups in total. The van der Waals surface area contributed by atoms with E-state index in [2.05, 4.69) is 9.17 Å². The number of nitrogens with zero attached hydrogens (tertiary/aromatic N) is 1. The molecule has 6 heteroatoms. The van der Waals surface area contributed by atoms with Gasteiger partial charge in [-0.15, -0.1) is 0 Å². The van der Waals surface area contributed by atoms with E-state index in [9.17, 15) is 13.2 Å². The summed E-state index contributed by atoms with van der Waals surface area (Å²) in [6, 6.07) is 11.5. The Balaban J connectivity index is 2.07. The highest BCUT2D eigenvalue weighted by molar-refractivity contribution is 7.86. The Kier molecular flexibility index (Phi) is 5.28. The van der Waals surface area contributed by atoms with Crippen LogP contribution in [0.2, 0.25) is 0 Å². The summed E-state index contributed by atoms with van der Waals surface area (Å²) in [6.45, 7) is 1.51. The quantitative estimate of drug-likeness (QED) is 0.622. The van der Waals surface area contributed by atoms with Gasteiger partial charge in [0.1, 0.15) is 0 Å². The summed E-state index contributed by atoms with van der Waals surface area (Å²) < 4.78 is 26.2. The van der Waals surface area contributed by atoms with Gasteiger partial charge >= 0.3 is 16.1 Å². The smallest absolute Gasteiger partial charge is 0.342 e. The molecule has 1 aromatic carbocycles. The molecule has 0 saturated carbocycles. The van der Waals surface area contributed by atoms with Crippen molar-refractivity contribution in [3.63, 3.8) is 0 Å². The van der Waals surface area contributed by atoms with Crippen LogP contribution in [0.15, 0.2) is 54.4 Å². The van der Waals surface area contributed by atoms with Crippen molar-refractivity contribution in [3.8, 4) is 0 Å². The largest absolute Gasteiger partial charge is 0.349 e. The molecule has 1 aromatic heterocycles. The molecule has 0 atom stereocenters. The Morgan fingerprint density at radius 3 is 2.43 bits per heavy atom. The average Bonchev–Trinajstić information content (AvgIpc) is 2.48. The highest BCUT2D eigenvalue weighted by Crippen LogP contribution is 2.13. The molecule has 0 unspecified atom stereocenters. The highest BCUT2D eigenvalue weighted by Gasteiger charge is 2.12. The number of carbonyl (C=O) groups excluding carboxylic acids is 1. The molecule has 0 aliphatic heterocycles. The minimum Gasteiger partial charge on any atom is -0.342 e. The van der Waals surface area contributed by atoms with Crippen molar-refractivity contribution in [2.75, 3.05) is 6.26 Å². The topological polar surface area (TPSA) is 73.3 Å². The van der Waals surface area contributed by atoms with Gasteiger partial charge in [0.15, 0.2) is 0 Å². The van der Waals surface area contributed by atoms with Crippen molar-refractivity contribution < 1.29 is 17.4 Å². The molecule has 0 spiro atoms. The van der Waals surface area contributed by atoms with Crippen LogP contribution < -0.4 is 0 Å². The number of aromatic nitrogens is 1. The summed E-state index contributed by atoms with van der Waals surface area (Å²) >= 11 is 0. The van der Waals surface area contributed by atoms with Crippen LogP contribution in [-0.4, -0.2) is 25.6 Å². The van der Waals surface area contributed by atoms with Crippen LogP contribution in [0.4, 0.5) is 0 Å². The predicted octanol–water partition coefficient (Wildman–Crippen LogP) is 2.58. The maximum absolute atomic E-state index is 11.6. The molecule has 0 saturated heterocycles. The molecular formula is C17H17NO4S. The number of carbonyl (C=O) groups is 1. The monoisotopic (exact) mass is 331 g/mol. The van der Waals surface area contributed by atoms with Gasteiger partial charge in [-0.2, -0.15) is 8.42 Å². The molecule has 0 aliphatic rings. The third-order valence-corrected chi connectivity index (χ3v) is 3.50. The summed E-state index contributed by atoms with van der Waals surface area (Å²) in [7, 11) is -3.80. The van der Waals surface area contributed by atoms with Gasteiger partial charge in [-0.3, -0.25) is 4.98 Å². The molecular weight excluding hydrogens is 314 g/mol. The van der Waals surface area contributed by atoms with Gasteiger partial charge in [0, 0.05) is 18.0 Å². The fourth-order valence-electron chi connectivity index (χ4n) is 1.98. The SMILES string of the molecule is C/C(=C\c1ccc(Cc2cccnc2)cc1)C(=O)OS(C)(=O)=O. The number of rotatable bonds is 5. The lowest BCUT2D eigenvalue weighted by Gasteiger charge is -2.04. The second kappa shape index (κ2) is 7.19. The van der Waals surface area contributed by atoms with Crippen LogP contribution in [0.3, 0.4) is 0 Å². The van der Waals surface area contributed by atoms with Crippen molar-refractivity contribution >= 4 is 22.2 Å². The molecule has 120 valence electrons. The highest BCUT2D eigenvalue weighted by atomic mass is 32.2. The minimum absolute atomic E-state index is 0.218. The molecule has 0 amide bonds. The van der Waals surface area contributed by atoms with E-state index in [0.29, 0.717) is 0 Å². The summed E-state index contributed by atoms with van der Waals surface area (Å²) in [5.41, 5.74) is 3.24. The van der Waals surface area contributed by atoms with Crippen molar-refractivity contribution in [1.82, 2.24) is 4.98 Å². The van der Waals surface area contributed by atoms with E-state index in [1.54, 1.807) is 12.3 Å². The molecule has 23 heavy (non-hydrogen) atoms. The third kappa shape index (κ3) is 5.67. The zero-order valence-corrected chi connectivity index (χ0v) is 13.7. The van der Waals surface area contributed by atoms with E-state index in [-0.39, 0.29) is 5.57 Å². The van der Waals surface area contributed by atoms with Crippen molar-refractivity contribution in [3.05, 3.63) is 71.1 Å². The third-order valence-electron chi connectivity index (χ3n) is 3.04. The fraction of sp³-hybridized carbons (Fsp3) is 0.176. The maximum atomic E-state index is 11.6. The summed E-state index contributed by atoms with van der Waals surface area (Å²) in [5, 5.41) is 0. The van der Waals surface area contributed by atoms with E-state index in [0.717, 1.165) is 29.4 Å². The Hall–Kier alpha value is -2.47. The lowest BCUT2D eigenvalue weighted by atomic mass is 10.0. The molecule has 0 radical (unpaired) electrons. The van der Waals surface area contributed by atoms with Gasteiger partial charge in [-0.25, -0.2) is 4.79 Å². The van der Waals surface area contributed by atoms with Gasteiger partial charge in [-0.1, -0.05) is 30.3 Å². The van der Waals surface area contributed by atoms with Gasteiger partial charge in [0.2, 0.25) is 0 Å². The average molecular weight is 331 g/mol. The Labute approximate surface area is 135 Å². The molecule has 1 heterocycles. The van der Waals surface area contributed by atoms with Gasteiger partial charge in [-0.05, 0) is 42.2 Å². The van der Waals surface area contributed by atoms with Crippen LogP contribution in [0.25, 0.3) is 6.08 Å².